The molecule has 334 valence electrons. The highest BCUT2D eigenvalue weighted by Crippen LogP contribution is 2.35. The third-order valence-electron chi connectivity index (χ3n) is 10.8. The molecule has 0 aliphatic carbocycles. The van der Waals surface area contributed by atoms with Crippen molar-refractivity contribution in [2.24, 2.45) is 11.8 Å². The van der Waals surface area contributed by atoms with Gasteiger partial charge in [-0.2, -0.15) is 36.5 Å². The Hall–Kier alpha value is -6.38. The number of aliphatic hydroxyl groups is 1. The molecule has 2 aliphatic heterocycles. The molecular formula is C42H40F8N8O5. The van der Waals surface area contributed by atoms with E-state index < -0.39 is 47.9 Å². The van der Waals surface area contributed by atoms with Crippen molar-refractivity contribution in [2.45, 2.75) is 44.5 Å². The lowest BCUT2D eigenvalue weighted by atomic mass is 9.98. The van der Waals surface area contributed by atoms with Crippen molar-refractivity contribution in [3.8, 4) is 34.0 Å². The third-order valence-corrected chi connectivity index (χ3v) is 10.8. The number of nitrogens with zero attached hydrogens (tertiary/aromatic N) is 8. The van der Waals surface area contributed by atoms with Crippen molar-refractivity contribution in [1.29, 1.82) is 0 Å². The number of carbonyl (C=O) groups excluding carboxylic acids is 2. The minimum atomic E-state index is -4.76. The molecule has 8 rings (SSSR count). The van der Waals surface area contributed by atoms with Gasteiger partial charge in [0.2, 0.25) is 6.43 Å². The van der Waals surface area contributed by atoms with E-state index in [0.29, 0.717) is 51.2 Å². The maximum Gasteiger partial charge on any atom is 0.433 e. The van der Waals surface area contributed by atoms with Crippen LogP contribution in [0.2, 0.25) is 0 Å². The molecule has 2 fully saturated rings. The topological polar surface area (TPSA) is 140 Å². The highest BCUT2D eigenvalue weighted by Gasteiger charge is 2.38. The number of alkyl halides is 8. The molecular weight excluding hydrogens is 848 g/mol. The average molecular weight is 889 g/mol. The number of aliphatic hydroxyl groups excluding tert-OH is 1. The van der Waals surface area contributed by atoms with Gasteiger partial charge in [0.25, 0.3) is 11.8 Å². The van der Waals surface area contributed by atoms with Crippen LogP contribution in [0.3, 0.4) is 0 Å². The van der Waals surface area contributed by atoms with Crippen LogP contribution in [0.15, 0.2) is 72.8 Å². The summed E-state index contributed by atoms with van der Waals surface area (Å²) in [5.74, 6) is -1.06. The first kappa shape index (κ1) is 44.7. The zero-order chi connectivity index (χ0) is 45.2. The Kier molecular flexibility index (Phi) is 12.9. The molecule has 6 aromatic rings. The van der Waals surface area contributed by atoms with Gasteiger partial charge in [-0.1, -0.05) is 0 Å². The molecule has 13 nitrogen and oxygen atoms in total. The number of ether oxygens (including phenoxy) is 2. The number of halogens is 8. The smallest absolute Gasteiger partial charge is 0.433 e. The van der Waals surface area contributed by atoms with E-state index in [2.05, 4.69) is 20.2 Å². The van der Waals surface area contributed by atoms with E-state index in [1.807, 2.05) is 0 Å². The minimum absolute atomic E-state index is 0.0414. The zero-order valence-corrected chi connectivity index (χ0v) is 33.7. The Labute approximate surface area is 353 Å². The van der Waals surface area contributed by atoms with E-state index in [1.54, 1.807) is 48.5 Å². The molecule has 2 aliphatic rings. The fourth-order valence-corrected chi connectivity index (χ4v) is 7.50. The van der Waals surface area contributed by atoms with Gasteiger partial charge < -0.3 is 24.4 Å². The molecule has 0 bridgehead atoms. The van der Waals surface area contributed by atoms with Crippen molar-refractivity contribution in [3.05, 3.63) is 95.6 Å². The number of methoxy groups -OCH3 is 2. The number of carbonyl (C=O) groups is 2. The number of hydrogen-bond acceptors (Lipinski definition) is 9. The second-order valence-corrected chi connectivity index (χ2v) is 15.0. The van der Waals surface area contributed by atoms with Crippen LogP contribution in [-0.4, -0.2) is 109 Å². The minimum Gasteiger partial charge on any atom is -0.497 e. The number of aromatic nitrogens is 6. The quantitative estimate of drug-likeness (QED) is 0.152. The van der Waals surface area contributed by atoms with Crippen molar-refractivity contribution in [1.82, 2.24) is 39.0 Å². The monoisotopic (exact) mass is 888 g/mol. The van der Waals surface area contributed by atoms with Gasteiger partial charge in [-0.05, 0) is 92.3 Å². The summed E-state index contributed by atoms with van der Waals surface area (Å²) >= 11 is 0. The van der Waals surface area contributed by atoms with Crippen LogP contribution in [0.25, 0.3) is 33.8 Å². The van der Waals surface area contributed by atoms with Crippen LogP contribution >= 0.6 is 0 Å². The summed E-state index contributed by atoms with van der Waals surface area (Å²) in [6, 6.07) is 17.0. The first-order valence-corrected chi connectivity index (χ1v) is 19.7. The molecule has 2 aromatic carbocycles. The molecule has 2 saturated heterocycles. The number of rotatable bonds is 8. The lowest BCUT2D eigenvalue weighted by molar-refractivity contribution is -0.143. The number of piperidine rings is 2. The first-order chi connectivity index (χ1) is 30.0. The van der Waals surface area contributed by atoms with Gasteiger partial charge in [0.1, 0.15) is 11.5 Å². The first-order valence-electron chi connectivity index (χ1n) is 19.7. The third kappa shape index (κ3) is 9.82. The van der Waals surface area contributed by atoms with Crippen LogP contribution in [0.5, 0.6) is 11.5 Å². The summed E-state index contributed by atoms with van der Waals surface area (Å²) in [5, 5.41) is 17.1. The lowest BCUT2D eigenvalue weighted by Crippen LogP contribution is -2.42. The van der Waals surface area contributed by atoms with E-state index >= 15 is 0 Å². The number of amides is 2. The maximum atomic E-state index is 13.8. The Morgan fingerprint density at radius 2 is 1.11 bits per heavy atom. The second-order valence-electron chi connectivity index (χ2n) is 15.0. The van der Waals surface area contributed by atoms with Gasteiger partial charge in [0.15, 0.2) is 34.1 Å². The zero-order valence-electron chi connectivity index (χ0n) is 33.7. The van der Waals surface area contributed by atoms with Crippen molar-refractivity contribution in [3.63, 3.8) is 0 Å². The summed E-state index contributed by atoms with van der Waals surface area (Å²) in [6.07, 6.45) is -9.83. The summed E-state index contributed by atoms with van der Waals surface area (Å²) in [6.45, 7) is 0.854. The molecule has 0 saturated carbocycles. The van der Waals surface area contributed by atoms with Gasteiger partial charge in [-0.3, -0.25) is 9.59 Å². The molecule has 2 atom stereocenters. The van der Waals surface area contributed by atoms with Gasteiger partial charge in [-0.25, -0.2) is 27.8 Å². The largest absolute Gasteiger partial charge is 0.497 e. The summed E-state index contributed by atoms with van der Waals surface area (Å²) in [7, 11) is 2.97. The number of likely N-dealkylation sites (tertiary alicyclic amines) is 2. The Morgan fingerprint density at radius 1 is 0.683 bits per heavy atom. The van der Waals surface area contributed by atoms with Gasteiger partial charge in [0.05, 0.1) is 25.6 Å². The normalized spacial score (nSPS) is 17.2. The van der Waals surface area contributed by atoms with Crippen LogP contribution in [0.4, 0.5) is 35.1 Å². The molecule has 4 aromatic heterocycles. The summed E-state index contributed by atoms with van der Waals surface area (Å²) < 4.78 is 120. The number of fused-ring (bicyclic) bond motifs is 2. The maximum absolute atomic E-state index is 13.8. The van der Waals surface area contributed by atoms with E-state index in [4.69, 9.17) is 9.47 Å². The lowest BCUT2D eigenvalue weighted by Gasteiger charge is -2.31. The molecule has 1 N–H and O–H groups in total. The van der Waals surface area contributed by atoms with Gasteiger partial charge >= 0.3 is 12.4 Å². The van der Waals surface area contributed by atoms with E-state index in [9.17, 15) is 49.8 Å². The Bertz CT molecular complexity index is 2580. The van der Waals surface area contributed by atoms with Crippen LogP contribution in [0.1, 0.15) is 58.0 Å². The highest BCUT2D eigenvalue weighted by molar-refractivity contribution is 5.94. The number of benzene rings is 2. The van der Waals surface area contributed by atoms with Gasteiger partial charge in [-0.15, -0.1) is 0 Å². The van der Waals surface area contributed by atoms with E-state index in [-0.39, 0.29) is 66.1 Å². The molecule has 0 radical (unpaired) electrons. The van der Waals surface area contributed by atoms with E-state index in [1.165, 1.54) is 30.1 Å². The predicted octanol–water partition coefficient (Wildman–Crippen LogP) is 7.81. The van der Waals surface area contributed by atoms with Crippen molar-refractivity contribution < 1.29 is 59.3 Å². The molecule has 0 spiro atoms. The van der Waals surface area contributed by atoms with E-state index in [0.717, 1.165) is 31.0 Å². The van der Waals surface area contributed by atoms with Crippen molar-refractivity contribution >= 4 is 23.1 Å². The number of hydrogen-bond donors (Lipinski definition) is 1. The molecule has 21 heteroatoms. The molecule has 63 heavy (non-hydrogen) atoms. The molecule has 2 unspecified atom stereocenters. The molecule has 6 heterocycles. The van der Waals surface area contributed by atoms with Gasteiger partial charge in [0, 0.05) is 62.0 Å². The summed E-state index contributed by atoms with van der Waals surface area (Å²) in [4.78, 5) is 36.9. The van der Waals surface area contributed by atoms with Crippen molar-refractivity contribution in [2.75, 3.05) is 47.0 Å². The average Bonchev–Trinajstić information content (AvgIpc) is 3.92. The Morgan fingerprint density at radius 3 is 1.51 bits per heavy atom. The predicted molar refractivity (Wildman–Crippen MR) is 210 cm³/mol. The standard InChI is InChI=1S/C21H19F5N4O2.C21H21F3N4O3/c1-32-14-6-4-12(5-7-14)15-9-17(21(24,25)26)30-18(27-15)10-16(28-30)20(31)29-8-2-3-13(11-29)19(22)23;1-31-15-6-4-14(5-7-15)16-9-18(21(22,23)24)28-19(25-16)10-17(26-28)20(30)27-8-2-3-13(11-27)12-29/h4-7,9-10,13,19H,2-3,8,11H2,1H3;4-7,9-10,13,29H,2-3,8,11-12H2,1H3. The fraction of sp³-hybridized carbons (Fsp3) is 0.381. The summed E-state index contributed by atoms with van der Waals surface area (Å²) in [5.41, 5.74) is -1.69. The SMILES string of the molecule is COc1ccc(-c2cc(C(F)(F)F)n3nc(C(=O)N4CCCC(C(F)F)C4)cc3n2)cc1.COc1ccc(-c2cc(C(F)(F)F)n3nc(C(=O)N4CCCC(CO)C4)cc3n2)cc1. The van der Waals surface area contributed by atoms with Crippen LogP contribution in [-0.2, 0) is 12.4 Å². The molecule has 2 amide bonds. The second kappa shape index (κ2) is 18.1. The Balaban J connectivity index is 0.000000189. The highest BCUT2D eigenvalue weighted by atomic mass is 19.4. The van der Waals surface area contributed by atoms with Crippen LogP contribution < -0.4 is 9.47 Å². The fourth-order valence-electron chi connectivity index (χ4n) is 7.50. The van der Waals surface area contributed by atoms with Crippen LogP contribution in [0, 0.1) is 11.8 Å².